The van der Waals surface area contributed by atoms with Crippen LogP contribution in [0.4, 0.5) is 5.69 Å². The number of piperidine rings is 1. The molecule has 1 aliphatic heterocycles. The van der Waals surface area contributed by atoms with Gasteiger partial charge in [0, 0.05) is 37.3 Å². The van der Waals surface area contributed by atoms with Gasteiger partial charge in [-0.05, 0) is 25.0 Å². The third kappa shape index (κ3) is 3.77. The number of benzene rings is 1. The van der Waals surface area contributed by atoms with Crippen molar-refractivity contribution in [2.45, 2.75) is 23.7 Å². The maximum Gasteiger partial charge on any atom is 0.342 e. The van der Waals surface area contributed by atoms with Crippen LogP contribution in [0.5, 0.6) is 0 Å². The Labute approximate surface area is 158 Å². The Morgan fingerprint density at radius 1 is 1.32 bits per heavy atom. The molecule has 1 fully saturated rings. The van der Waals surface area contributed by atoms with Crippen molar-refractivity contribution in [3.63, 3.8) is 0 Å². The average molecular weight is 408 g/mol. The molecule has 0 spiro atoms. The number of hydrogen-bond donors (Lipinski definition) is 2. The fourth-order valence-corrected chi connectivity index (χ4v) is 4.57. The number of sulfonamides is 1. The van der Waals surface area contributed by atoms with Crippen LogP contribution in [0.15, 0.2) is 40.2 Å². The maximum atomic E-state index is 12.8. The lowest BCUT2D eigenvalue weighted by Crippen LogP contribution is -2.40. The van der Waals surface area contributed by atoms with Crippen LogP contribution in [-0.4, -0.2) is 51.8 Å². The highest BCUT2D eigenvalue weighted by Gasteiger charge is 2.32. The molecule has 0 radical (unpaired) electrons. The third-order valence-electron chi connectivity index (χ3n) is 4.51. The first-order chi connectivity index (χ1) is 13.2. The van der Waals surface area contributed by atoms with Gasteiger partial charge in [-0.3, -0.25) is 14.9 Å². The van der Waals surface area contributed by atoms with Gasteiger partial charge in [-0.2, -0.15) is 4.31 Å². The summed E-state index contributed by atoms with van der Waals surface area (Å²) in [5.41, 5.74) is -1.50. The number of carbonyl (C=O) groups is 1. The van der Waals surface area contributed by atoms with Crippen molar-refractivity contribution < 1.29 is 23.2 Å². The molecule has 3 rings (SSSR count). The molecule has 1 unspecified atom stereocenters. The Hall–Kier alpha value is -3.12. The standard InChI is InChI=1S/C16H16N4O7S/c21-15-13(16(22)23)8-17-14(18-15)10-2-1-7-19(9-10)28(26,27)12-5-3-11(4-6-12)20(24)25/h3-6,8,10H,1-2,7,9H2,(H,22,23)(H,17,18,21). The molecule has 2 aromatic rings. The lowest BCUT2D eigenvalue weighted by Gasteiger charge is -2.31. The summed E-state index contributed by atoms with van der Waals surface area (Å²) in [5.74, 6) is -1.58. The summed E-state index contributed by atoms with van der Waals surface area (Å²) in [4.78, 5) is 39.2. The van der Waals surface area contributed by atoms with Crippen LogP contribution in [0.1, 0.15) is 34.9 Å². The van der Waals surface area contributed by atoms with Crippen LogP contribution < -0.4 is 5.56 Å². The Morgan fingerprint density at radius 2 is 2.00 bits per heavy atom. The molecule has 1 aliphatic rings. The molecule has 0 aliphatic carbocycles. The smallest absolute Gasteiger partial charge is 0.342 e. The van der Waals surface area contributed by atoms with Gasteiger partial charge in [0.2, 0.25) is 10.0 Å². The van der Waals surface area contributed by atoms with Gasteiger partial charge in [0.15, 0.2) is 0 Å². The van der Waals surface area contributed by atoms with Gasteiger partial charge in [-0.15, -0.1) is 0 Å². The number of aromatic nitrogens is 2. The van der Waals surface area contributed by atoms with E-state index in [-0.39, 0.29) is 29.5 Å². The van der Waals surface area contributed by atoms with Gasteiger partial charge in [-0.25, -0.2) is 18.2 Å². The van der Waals surface area contributed by atoms with E-state index >= 15 is 0 Å². The Bertz CT molecular complexity index is 1080. The molecular weight excluding hydrogens is 392 g/mol. The molecule has 1 atom stereocenters. The van der Waals surface area contributed by atoms with Crippen molar-refractivity contribution in [2.75, 3.05) is 13.1 Å². The van der Waals surface area contributed by atoms with Gasteiger partial charge in [0.1, 0.15) is 11.4 Å². The minimum Gasteiger partial charge on any atom is -0.477 e. The number of aromatic carboxylic acids is 1. The van der Waals surface area contributed by atoms with Gasteiger partial charge in [0.25, 0.3) is 11.2 Å². The predicted octanol–water partition coefficient (Wildman–Crippen LogP) is 0.945. The number of nitrogens with zero attached hydrogens (tertiary/aromatic N) is 3. The minimum absolute atomic E-state index is 0.0503. The summed E-state index contributed by atoms with van der Waals surface area (Å²) >= 11 is 0. The molecule has 2 N–H and O–H groups in total. The second kappa shape index (κ2) is 7.48. The van der Waals surface area contributed by atoms with E-state index in [2.05, 4.69) is 9.97 Å². The molecule has 12 heteroatoms. The number of nitro groups is 1. The SMILES string of the molecule is O=C(O)c1cnc(C2CCCN(S(=O)(=O)c3ccc([N+](=O)[O-])cc3)C2)[nH]c1=O. The molecule has 0 bridgehead atoms. The monoisotopic (exact) mass is 408 g/mol. The third-order valence-corrected chi connectivity index (χ3v) is 6.38. The summed E-state index contributed by atoms with van der Waals surface area (Å²) in [6, 6.07) is 4.60. The topological polar surface area (TPSA) is 164 Å². The maximum absolute atomic E-state index is 12.8. The fraction of sp³-hybridized carbons (Fsp3) is 0.312. The lowest BCUT2D eigenvalue weighted by atomic mass is 9.99. The molecule has 1 aromatic heterocycles. The van der Waals surface area contributed by atoms with E-state index in [4.69, 9.17) is 5.11 Å². The molecule has 0 saturated carbocycles. The number of carboxylic acids is 1. The second-order valence-electron chi connectivity index (χ2n) is 6.27. The van der Waals surface area contributed by atoms with Crippen molar-refractivity contribution in [1.29, 1.82) is 0 Å². The van der Waals surface area contributed by atoms with Crippen LogP contribution in [0.3, 0.4) is 0 Å². The van der Waals surface area contributed by atoms with Crippen molar-refractivity contribution in [1.82, 2.24) is 14.3 Å². The summed E-state index contributed by atoms with van der Waals surface area (Å²) in [6.45, 7) is 0.307. The Morgan fingerprint density at radius 3 is 2.57 bits per heavy atom. The first-order valence-corrected chi connectivity index (χ1v) is 9.71. The van der Waals surface area contributed by atoms with E-state index < -0.39 is 38.0 Å². The largest absolute Gasteiger partial charge is 0.477 e. The van der Waals surface area contributed by atoms with E-state index in [1.54, 1.807) is 0 Å². The van der Waals surface area contributed by atoms with Gasteiger partial charge in [0.05, 0.1) is 9.82 Å². The summed E-state index contributed by atoms with van der Waals surface area (Å²) in [6.07, 6.45) is 2.04. The number of aromatic amines is 1. The zero-order chi connectivity index (χ0) is 20.5. The Balaban J connectivity index is 1.84. The summed E-state index contributed by atoms with van der Waals surface area (Å²) in [7, 11) is -3.88. The second-order valence-corrected chi connectivity index (χ2v) is 8.21. The molecule has 2 heterocycles. The van der Waals surface area contributed by atoms with E-state index in [1.807, 2.05) is 0 Å². The van der Waals surface area contributed by atoms with Crippen LogP contribution in [-0.2, 0) is 10.0 Å². The van der Waals surface area contributed by atoms with E-state index in [9.17, 15) is 28.1 Å². The van der Waals surface area contributed by atoms with Crippen molar-refractivity contribution in [2.24, 2.45) is 0 Å². The van der Waals surface area contributed by atoms with Gasteiger partial charge >= 0.3 is 5.97 Å². The quantitative estimate of drug-likeness (QED) is 0.545. The van der Waals surface area contributed by atoms with Crippen molar-refractivity contribution in [3.8, 4) is 0 Å². The molecule has 148 valence electrons. The predicted molar refractivity (Wildman–Crippen MR) is 95.6 cm³/mol. The highest BCUT2D eigenvalue weighted by atomic mass is 32.2. The first-order valence-electron chi connectivity index (χ1n) is 8.27. The summed E-state index contributed by atoms with van der Waals surface area (Å²) in [5, 5.41) is 19.6. The minimum atomic E-state index is -3.88. The molecule has 28 heavy (non-hydrogen) atoms. The number of rotatable bonds is 5. The number of carboxylic acid groups (broad SMARTS) is 1. The normalized spacial score (nSPS) is 17.9. The number of non-ortho nitro benzene ring substituents is 1. The Kier molecular flexibility index (Phi) is 5.25. The number of H-pyrrole nitrogens is 1. The van der Waals surface area contributed by atoms with Crippen molar-refractivity contribution >= 4 is 21.7 Å². The molecular formula is C16H16N4O7S. The molecule has 1 saturated heterocycles. The number of hydrogen-bond acceptors (Lipinski definition) is 7. The van der Waals surface area contributed by atoms with E-state index in [0.717, 1.165) is 18.3 Å². The van der Waals surface area contributed by atoms with Crippen LogP contribution in [0, 0.1) is 10.1 Å². The van der Waals surface area contributed by atoms with Crippen LogP contribution in [0.2, 0.25) is 0 Å². The lowest BCUT2D eigenvalue weighted by molar-refractivity contribution is -0.384. The zero-order valence-electron chi connectivity index (χ0n) is 14.4. The molecule has 1 aromatic carbocycles. The first kappa shape index (κ1) is 19.6. The van der Waals surface area contributed by atoms with Gasteiger partial charge in [-0.1, -0.05) is 0 Å². The fourth-order valence-electron chi connectivity index (χ4n) is 3.04. The van der Waals surface area contributed by atoms with Crippen LogP contribution in [0.25, 0.3) is 0 Å². The average Bonchev–Trinajstić information content (AvgIpc) is 2.67. The highest BCUT2D eigenvalue weighted by molar-refractivity contribution is 7.89. The van der Waals surface area contributed by atoms with Crippen LogP contribution >= 0.6 is 0 Å². The van der Waals surface area contributed by atoms with Gasteiger partial charge < -0.3 is 10.1 Å². The molecule has 0 amide bonds. The number of nitro benzene ring substituents is 1. The van der Waals surface area contributed by atoms with Crippen molar-refractivity contribution in [3.05, 3.63) is 62.3 Å². The zero-order valence-corrected chi connectivity index (χ0v) is 15.3. The van der Waals surface area contributed by atoms with E-state index in [1.165, 1.54) is 16.4 Å². The highest BCUT2D eigenvalue weighted by Crippen LogP contribution is 2.28. The summed E-state index contributed by atoms with van der Waals surface area (Å²) < 4.78 is 26.9. The molecule has 11 nitrogen and oxygen atoms in total. The number of nitrogens with one attached hydrogen (secondary N) is 1. The van der Waals surface area contributed by atoms with E-state index in [0.29, 0.717) is 12.8 Å².